The van der Waals surface area contributed by atoms with E-state index in [0.29, 0.717) is 12.2 Å². The van der Waals surface area contributed by atoms with Gasteiger partial charge in [0, 0.05) is 51.9 Å². The average molecular weight is 433 g/mol. The second-order valence-corrected chi connectivity index (χ2v) is 9.26. The van der Waals surface area contributed by atoms with Gasteiger partial charge in [0.15, 0.2) is 0 Å². The van der Waals surface area contributed by atoms with Crippen LogP contribution in [0.15, 0.2) is 47.4 Å². The number of rotatable bonds is 9. The van der Waals surface area contributed by atoms with Crippen LogP contribution in [0.2, 0.25) is 0 Å². The van der Waals surface area contributed by atoms with Crippen LogP contribution in [0.4, 0.5) is 5.69 Å². The van der Waals surface area contributed by atoms with Crippen LogP contribution >= 0.6 is 0 Å². The molecule has 0 bridgehead atoms. The number of hydrogen-bond donors (Lipinski definition) is 3. The Balaban J connectivity index is 2.24. The molecule has 9 heteroatoms. The first-order valence-corrected chi connectivity index (χ1v) is 10.9. The van der Waals surface area contributed by atoms with Gasteiger partial charge in [-0.2, -0.15) is 0 Å². The van der Waals surface area contributed by atoms with Gasteiger partial charge < -0.3 is 16.0 Å². The monoisotopic (exact) mass is 432 g/mol. The Morgan fingerprint density at radius 1 is 0.967 bits per heavy atom. The fraction of sp³-hybridized carbons (Fsp3) is 0.333. The van der Waals surface area contributed by atoms with Crippen molar-refractivity contribution in [2.24, 2.45) is 0 Å². The fourth-order valence-corrected chi connectivity index (χ4v) is 3.59. The highest BCUT2D eigenvalue weighted by molar-refractivity contribution is 7.89. The van der Waals surface area contributed by atoms with E-state index in [1.807, 2.05) is 31.2 Å². The zero-order chi connectivity index (χ0) is 22.3. The van der Waals surface area contributed by atoms with E-state index in [9.17, 15) is 18.0 Å². The Labute approximate surface area is 177 Å². The van der Waals surface area contributed by atoms with Crippen LogP contribution in [0.5, 0.6) is 0 Å². The van der Waals surface area contributed by atoms with Gasteiger partial charge in [-0.25, -0.2) is 12.7 Å². The zero-order valence-corrected chi connectivity index (χ0v) is 18.5. The van der Waals surface area contributed by atoms with E-state index in [2.05, 4.69) is 16.0 Å². The number of nitrogens with zero attached hydrogens (tertiary/aromatic N) is 1. The van der Waals surface area contributed by atoms with E-state index in [1.54, 1.807) is 6.07 Å². The number of nitrogens with one attached hydrogen (secondary N) is 3. The lowest BCUT2D eigenvalue weighted by molar-refractivity contribution is -0.118. The molecule has 2 aromatic rings. The van der Waals surface area contributed by atoms with Crippen LogP contribution in [-0.4, -0.2) is 51.7 Å². The molecule has 3 N–H and O–H groups in total. The molecule has 0 atom stereocenters. The zero-order valence-electron chi connectivity index (χ0n) is 17.7. The molecule has 0 radical (unpaired) electrons. The second-order valence-electron chi connectivity index (χ2n) is 7.11. The summed E-state index contributed by atoms with van der Waals surface area (Å²) in [4.78, 5) is 23.5. The van der Waals surface area contributed by atoms with Gasteiger partial charge in [0.1, 0.15) is 0 Å². The Morgan fingerprint density at radius 3 is 2.20 bits per heavy atom. The first kappa shape index (κ1) is 23.4. The lowest BCUT2D eigenvalue weighted by Gasteiger charge is -2.15. The minimum atomic E-state index is -3.72. The van der Waals surface area contributed by atoms with E-state index < -0.39 is 15.9 Å². The van der Waals surface area contributed by atoms with Crippen molar-refractivity contribution >= 4 is 27.5 Å². The van der Waals surface area contributed by atoms with Gasteiger partial charge in [-0.05, 0) is 30.7 Å². The third kappa shape index (κ3) is 6.57. The maximum atomic E-state index is 12.6. The quantitative estimate of drug-likeness (QED) is 0.523. The number of amides is 2. The average Bonchev–Trinajstić information content (AvgIpc) is 2.70. The van der Waals surface area contributed by atoms with Crippen molar-refractivity contribution in [1.29, 1.82) is 0 Å². The summed E-state index contributed by atoms with van der Waals surface area (Å²) in [6, 6.07) is 12.4. The van der Waals surface area contributed by atoms with Crippen LogP contribution in [0.3, 0.4) is 0 Å². The van der Waals surface area contributed by atoms with E-state index in [1.165, 1.54) is 33.2 Å². The summed E-state index contributed by atoms with van der Waals surface area (Å²) < 4.78 is 26.4. The van der Waals surface area contributed by atoms with Crippen molar-refractivity contribution in [1.82, 2.24) is 14.9 Å². The van der Waals surface area contributed by atoms with Crippen LogP contribution in [-0.2, 0) is 21.4 Å². The molecule has 0 spiro atoms. The van der Waals surface area contributed by atoms with Gasteiger partial charge in [-0.15, -0.1) is 0 Å². The van der Waals surface area contributed by atoms with Crippen molar-refractivity contribution in [3.05, 3.63) is 59.2 Å². The lowest BCUT2D eigenvalue weighted by Crippen LogP contribution is -2.33. The topological polar surface area (TPSA) is 108 Å². The number of sulfonamides is 1. The van der Waals surface area contributed by atoms with Crippen molar-refractivity contribution in [3.63, 3.8) is 0 Å². The van der Waals surface area contributed by atoms with Gasteiger partial charge in [-0.1, -0.05) is 29.8 Å². The minimum absolute atomic E-state index is 0.0217. The molecule has 0 aliphatic rings. The standard InChI is InChI=1S/C21H28N4O4S/c1-15-5-7-17(8-6-15)14-24-19-11-18(21(27)23-10-9-22-16(2)26)12-20(13-19)30(28,29)25(3)4/h5-8,11-13,24H,9-10,14H2,1-4H3,(H,22,26)(H,23,27). The number of carbonyl (C=O) groups is 2. The number of carbonyl (C=O) groups excluding carboxylic acids is 2. The Hall–Kier alpha value is -2.91. The summed E-state index contributed by atoms with van der Waals surface area (Å²) >= 11 is 0. The van der Waals surface area contributed by atoms with E-state index in [0.717, 1.165) is 15.4 Å². The molecule has 0 heterocycles. The first-order chi connectivity index (χ1) is 14.1. The molecule has 30 heavy (non-hydrogen) atoms. The molecule has 2 aromatic carbocycles. The third-order valence-electron chi connectivity index (χ3n) is 4.35. The van der Waals surface area contributed by atoms with Crippen molar-refractivity contribution < 1.29 is 18.0 Å². The Bertz CT molecular complexity index is 1000. The Morgan fingerprint density at radius 2 is 1.60 bits per heavy atom. The lowest BCUT2D eigenvalue weighted by atomic mass is 10.1. The fourth-order valence-electron chi connectivity index (χ4n) is 2.62. The van der Waals surface area contributed by atoms with E-state index >= 15 is 0 Å². The van der Waals surface area contributed by atoms with Gasteiger partial charge in [0.05, 0.1) is 4.90 Å². The van der Waals surface area contributed by atoms with Crippen molar-refractivity contribution in [2.75, 3.05) is 32.5 Å². The highest BCUT2D eigenvalue weighted by atomic mass is 32.2. The molecule has 2 rings (SSSR count). The number of hydrogen-bond acceptors (Lipinski definition) is 5. The molecule has 0 unspecified atom stereocenters. The molecule has 0 fully saturated rings. The van der Waals surface area contributed by atoms with Gasteiger partial charge in [0.2, 0.25) is 15.9 Å². The summed E-state index contributed by atoms with van der Waals surface area (Å²) in [5.74, 6) is -0.611. The van der Waals surface area contributed by atoms with Crippen molar-refractivity contribution in [2.45, 2.75) is 25.3 Å². The number of anilines is 1. The maximum absolute atomic E-state index is 12.6. The summed E-state index contributed by atoms with van der Waals surface area (Å²) in [6.45, 7) is 4.40. The van der Waals surface area contributed by atoms with Crippen LogP contribution in [0.1, 0.15) is 28.4 Å². The summed E-state index contributed by atoms with van der Waals surface area (Å²) in [5, 5.41) is 8.46. The molecule has 0 saturated carbocycles. The molecule has 8 nitrogen and oxygen atoms in total. The highest BCUT2D eigenvalue weighted by Crippen LogP contribution is 2.22. The van der Waals surface area contributed by atoms with Gasteiger partial charge in [-0.3, -0.25) is 9.59 Å². The highest BCUT2D eigenvalue weighted by Gasteiger charge is 2.20. The maximum Gasteiger partial charge on any atom is 0.251 e. The third-order valence-corrected chi connectivity index (χ3v) is 6.14. The molecule has 0 saturated heterocycles. The largest absolute Gasteiger partial charge is 0.381 e. The smallest absolute Gasteiger partial charge is 0.251 e. The summed E-state index contributed by atoms with van der Waals surface area (Å²) in [5.41, 5.74) is 2.91. The number of benzene rings is 2. The SMILES string of the molecule is CC(=O)NCCNC(=O)c1cc(NCc2ccc(C)cc2)cc(S(=O)(=O)N(C)C)c1. The summed E-state index contributed by atoms with van der Waals surface area (Å²) in [7, 11) is -0.845. The molecular weight excluding hydrogens is 404 g/mol. The first-order valence-electron chi connectivity index (χ1n) is 9.49. The predicted octanol–water partition coefficient (Wildman–Crippen LogP) is 1.72. The normalized spacial score (nSPS) is 11.2. The van der Waals surface area contributed by atoms with Crippen LogP contribution in [0, 0.1) is 6.92 Å². The molecule has 162 valence electrons. The van der Waals surface area contributed by atoms with Crippen molar-refractivity contribution in [3.8, 4) is 0 Å². The van der Waals surface area contributed by atoms with E-state index in [-0.39, 0.29) is 29.5 Å². The molecule has 0 aromatic heterocycles. The second kappa shape index (κ2) is 10.2. The molecule has 0 aliphatic carbocycles. The molecular formula is C21H28N4O4S. The minimum Gasteiger partial charge on any atom is -0.381 e. The number of aryl methyl sites for hydroxylation is 1. The van der Waals surface area contributed by atoms with Gasteiger partial charge in [0.25, 0.3) is 5.91 Å². The Kier molecular flexibility index (Phi) is 7.96. The predicted molar refractivity (Wildman–Crippen MR) is 117 cm³/mol. The molecule has 0 aliphatic heterocycles. The van der Waals surface area contributed by atoms with Crippen LogP contribution in [0.25, 0.3) is 0 Å². The van der Waals surface area contributed by atoms with Gasteiger partial charge >= 0.3 is 0 Å². The molecule has 2 amide bonds. The van der Waals surface area contributed by atoms with E-state index in [4.69, 9.17) is 0 Å². The van der Waals surface area contributed by atoms with Crippen LogP contribution < -0.4 is 16.0 Å². The summed E-state index contributed by atoms with van der Waals surface area (Å²) in [6.07, 6.45) is 0.